The monoisotopic (exact) mass is 263 g/mol. The van der Waals surface area contributed by atoms with Crippen LogP contribution >= 0.6 is 0 Å². The molecule has 0 aliphatic carbocycles. The van der Waals surface area contributed by atoms with E-state index in [9.17, 15) is 14.0 Å². The second-order valence-electron chi connectivity index (χ2n) is 5.10. The molecule has 0 aromatic heterocycles. The zero-order chi connectivity index (χ0) is 13.8. The van der Waals surface area contributed by atoms with Gasteiger partial charge < -0.3 is 4.90 Å². The van der Waals surface area contributed by atoms with E-state index in [-0.39, 0.29) is 30.0 Å². The highest BCUT2D eigenvalue weighted by molar-refractivity contribution is 5.81. The Kier molecular flexibility index (Phi) is 4.30. The summed E-state index contributed by atoms with van der Waals surface area (Å²) < 4.78 is 13.1. The molecule has 19 heavy (non-hydrogen) atoms. The molecule has 1 aliphatic rings. The van der Waals surface area contributed by atoms with Gasteiger partial charge in [-0.3, -0.25) is 9.59 Å². The molecule has 1 fully saturated rings. The SMILES string of the molecule is CC(=O)CC1CCCN1C(=O)Cc1cccc(F)c1. The summed E-state index contributed by atoms with van der Waals surface area (Å²) in [7, 11) is 0. The fourth-order valence-corrected chi connectivity index (χ4v) is 2.63. The quantitative estimate of drug-likeness (QED) is 0.836. The summed E-state index contributed by atoms with van der Waals surface area (Å²) in [6.07, 6.45) is 2.45. The van der Waals surface area contributed by atoms with E-state index < -0.39 is 0 Å². The number of hydrogen-bond donors (Lipinski definition) is 0. The third-order valence-electron chi connectivity index (χ3n) is 3.46. The van der Waals surface area contributed by atoms with Crippen molar-refractivity contribution in [1.82, 2.24) is 4.90 Å². The largest absolute Gasteiger partial charge is 0.339 e. The van der Waals surface area contributed by atoms with Crippen molar-refractivity contribution < 1.29 is 14.0 Å². The molecule has 1 amide bonds. The highest BCUT2D eigenvalue weighted by Gasteiger charge is 2.29. The second kappa shape index (κ2) is 5.95. The lowest BCUT2D eigenvalue weighted by Crippen LogP contribution is -2.37. The molecular formula is C15H18FNO2. The molecule has 102 valence electrons. The lowest BCUT2D eigenvalue weighted by atomic mass is 10.1. The van der Waals surface area contributed by atoms with Crippen LogP contribution < -0.4 is 0 Å². The molecule has 1 heterocycles. The van der Waals surface area contributed by atoms with Crippen molar-refractivity contribution in [3.05, 3.63) is 35.6 Å². The van der Waals surface area contributed by atoms with Gasteiger partial charge in [0, 0.05) is 19.0 Å². The van der Waals surface area contributed by atoms with E-state index in [2.05, 4.69) is 0 Å². The summed E-state index contributed by atoms with van der Waals surface area (Å²) >= 11 is 0. The molecule has 1 unspecified atom stereocenters. The molecule has 0 N–H and O–H groups in total. The predicted molar refractivity (Wildman–Crippen MR) is 70.1 cm³/mol. The highest BCUT2D eigenvalue weighted by atomic mass is 19.1. The topological polar surface area (TPSA) is 37.4 Å². The van der Waals surface area contributed by atoms with Gasteiger partial charge in [0.05, 0.1) is 6.42 Å². The molecule has 1 aliphatic heterocycles. The minimum absolute atomic E-state index is 0.0191. The van der Waals surface area contributed by atoms with Gasteiger partial charge in [0.1, 0.15) is 11.6 Å². The number of Topliss-reactive ketones (excluding diaryl/α,β-unsaturated/α-hetero) is 1. The van der Waals surface area contributed by atoms with Gasteiger partial charge in [-0.1, -0.05) is 12.1 Å². The van der Waals surface area contributed by atoms with Crippen LogP contribution in [0.15, 0.2) is 24.3 Å². The van der Waals surface area contributed by atoms with E-state index in [1.807, 2.05) is 0 Å². The molecule has 0 bridgehead atoms. The van der Waals surface area contributed by atoms with Crippen molar-refractivity contribution in [3.8, 4) is 0 Å². The zero-order valence-electron chi connectivity index (χ0n) is 11.1. The Morgan fingerprint density at radius 3 is 2.89 bits per heavy atom. The Balaban J connectivity index is 2.01. The molecule has 1 atom stereocenters. The number of carbonyl (C=O) groups is 2. The minimum atomic E-state index is -0.327. The summed E-state index contributed by atoms with van der Waals surface area (Å²) in [5.41, 5.74) is 0.679. The molecule has 0 spiro atoms. The van der Waals surface area contributed by atoms with Crippen LogP contribution in [0.1, 0.15) is 31.7 Å². The van der Waals surface area contributed by atoms with Crippen molar-refractivity contribution in [2.45, 2.75) is 38.6 Å². The summed E-state index contributed by atoms with van der Waals surface area (Å²) in [5, 5.41) is 0. The van der Waals surface area contributed by atoms with E-state index >= 15 is 0 Å². The molecule has 4 heteroatoms. The fourth-order valence-electron chi connectivity index (χ4n) is 2.63. The molecule has 1 aromatic rings. The number of carbonyl (C=O) groups excluding carboxylic acids is 2. The first kappa shape index (κ1) is 13.7. The number of ketones is 1. The summed E-state index contributed by atoms with van der Waals surface area (Å²) in [5.74, 6) is -0.239. The molecule has 0 radical (unpaired) electrons. The van der Waals surface area contributed by atoms with Gasteiger partial charge in [-0.25, -0.2) is 4.39 Å². The first-order valence-corrected chi connectivity index (χ1v) is 6.59. The van der Waals surface area contributed by atoms with Crippen molar-refractivity contribution in [2.24, 2.45) is 0 Å². The number of amides is 1. The van der Waals surface area contributed by atoms with Gasteiger partial charge in [-0.05, 0) is 37.5 Å². The zero-order valence-corrected chi connectivity index (χ0v) is 11.1. The number of hydrogen-bond acceptors (Lipinski definition) is 2. The van der Waals surface area contributed by atoms with Crippen LogP contribution in [0.2, 0.25) is 0 Å². The Bertz CT molecular complexity index is 487. The normalized spacial score (nSPS) is 18.6. The third-order valence-corrected chi connectivity index (χ3v) is 3.46. The number of halogens is 1. The standard InChI is InChI=1S/C15H18FNO2/c1-11(18)8-14-6-3-7-17(14)15(19)10-12-4-2-5-13(16)9-12/h2,4-5,9,14H,3,6-8,10H2,1H3. The number of rotatable bonds is 4. The van der Waals surface area contributed by atoms with Crippen LogP contribution in [-0.2, 0) is 16.0 Å². The van der Waals surface area contributed by atoms with Crippen LogP contribution in [0, 0.1) is 5.82 Å². The smallest absolute Gasteiger partial charge is 0.227 e. The van der Waals surface area contributed by atoms with E-state index in [0.29, 0.717) is 18.5 Å². The maximum Gasteiger partial charge on any atom is 0.227 e. The number of benzene rings is 1. The van der Waals surface area contributed by atoms with Crippen molar-refractivity contribution >= 4 is 11.7 Å². The summed E-state index contributed by atoms with van der Waals surface area (Å²) in [6, 6.07) is 6.13. The predicted octanol–water partition coefficient (Wildman–Crippen LogP) is 2.34. The minimum Gasteiger partial charge on any atom is -0.339 e. The fraction of sp³-hybridized carbons (Fsp3) is 0.467. The van der Waals surface area contributed by atoms with Crippen molar-refractivity contribution in [3.63, 3.8) is 0 Å². The van der Waals surface area contributed by atoms with Gasteiger partial charge in [0.15, 0.2) is 0 Å². The average molecular weight is 263 g/mol. The molecule has 1 aromatic carbocycles. The first-order valence-electron chi connectivity index (χ1n) is 6.59. The second-order valence-corrected chi connectivity index (χ2v) is 5.10. The van der Waals surface area contributed by atoms with E-state index in [4.69, 9.17) is 0 Å². The first-order chi connectivity index (χ1) is 9.06. The maximum atomic E-state index is 13.1. The van der Waals surface area contributed by atoms with Gasteiger partial charge in [-0.15, -0.1) is 0 Å². The van der Waals surface area contributed by atoms with Gasteiger partial charge in [-0.2, -0.15) is 0 Å². The average Bonchev–Trinajstić information content (AvgIpc) is 2.76. The molecule has 3 nitrogen and oxygen atoms in total. The number of likely N-dealkylation sites (tertiary alicyclic amines) is 1. The Hall–Kier alpha value is -1.71. The third kappa shape index (κ3) is 3.63. The van der Waals surface area contributed by atoms with Crippen LogP contribution in [-0.4, -0.2) is 29.2 Å². The molecule has 1 saturated heterocycles. The Labute approximate surface area is 112 Å². The summed E-state index contributed by atoms with van der Waals surface area (Å²) in [4.78, 5) is 25.2. The van der Waals surface area contributed by atoms with Crippen LogP contribution in [0.5, 0.6) is 0 Å². The number of nitrogens with zero attached hydrogens (tertiary/aromatic N) is 1. The van der Waals surface area contributed by atoms with Crippen LogP contribution in [0.3, 0.4) is 0 Å². The van der Waals surface area contributed by atoms with E-state index in [1.165, 1.54) is 12.1 Å². The maximum absolute atomic E-state index is 13.1. The highest BCUT2D eigenvalue weighted by Crippen LogP contribution is 2.21. The van der Waals surface area contributed by atoms with Gasteiger partial charge in [0.25, 0.3) is 0 Å². The Morgan fingerprint density at radius 1 is 1.42 bits per heavy atom. The Morgan fingerprint density at radius 2 is 2.21 bits per heavy atom. The lowest BCUT2D eigenvalue weighted by molar-refractivity contribution is -0.132. The molecule has 2 rings (SSSR count). The van der Waals surface area contributed by atoms with Crippen molar-refractivity contribution in [2.75, 3.05) is 6.54 Å². The lowest BCUT2D eigenvalue weighted by Gasteiger charge is -2.24. The molecular weight excluding hydrogens is 245 g/mol. The molecule has 0 saturated carbocycles. The van der Waals surface area contributed by atoms with E-state index in [1.54, 1.807) is 24.0 Å². The van der Waals surface area contributed by atoms with Gasteiger partial charge in [0.2, 0.25) is 5.91 Å². The summed E-state index contributed by atoms with van der Waals surface area (Å²) in [6.45, 7) is 2.25. The van der Waals surface area contributed by atoms with Crippen LogP contribution in [0.25, 0.3) is 0 Å². The van der Waals surface area contributed by atoms with E-state index in [0.717, 1.165) is 12.8 Å². The van der Waals surface area contributed by atoms with Crippen molar-refractivity contribution in [1.29, 1.82) is 0 Å². The van der Waals surface area contributed by atoms with Gasteiger partial charge >= 0.3 is 0 Å². The van der Waals surface area contributed by atoms with Crippen LogP contribution in [0.4, 0.5) is 4.39 Å².